The summed E-state index contributed by atoms with van der Waals surface area (Å²) in [6.07, 6.45) is 0. The van der Waals surface area contributed by atoms with E-state index in [1.807, 2.05) is 0 Å². The zero-order valence-corrected chi connectivity index (χ0v) is 11.4. The first kappa shape index (κ1) is 12.6. The predicted octanol–water partition coefficient (Wildman–Crippen LogP) is 3.83. The van der Waals surface area contributed by atoms with E-state index in [-0.39, 0.29) is 10.4 Å². The Morgan fingerprint density at radius 1 is 1.53 bits per heavy atom. The second-order valence-corrected chi connectivity index (χ2v) is 5.16. The maximum Gasteiger partial charge on any atom is 0.338 e. The summed E-state index contributed by atoms with van der Waals surface area (Å²) < 4.78 is 18.6. The van der Waals surface area contributed by atoms with Crippen LogP contribution in [0.15, 0.2) is 16.6 Å². The number of carbonyl (C=O) groups excluding carboxylic acids is 1. The number of benzene rings is 1. The SMILES string of the molecule is COC(=O)c1ccc(Br)c(F)c1C(C)Br. The number of alkyl halides is 1. The Labute approximate surface area is 104 Å². The van der Waals surface area contributed by atoms with Gasteiger partial charge in [-0.2, -0.15) is 0 Å². The summed E-state index contributed by atoms with van der Waals surface area (Å²) in [7, 11) is 1.27. The Hall–Kier alpha value is -0.420. The zero-order chi connectivity index (χ0) is 11.6. The van der Waals surface area contributed by atoms with Gasteiger partial charge in [0.2, 0.25) is 0 Å². The smallest absolute Gasteiger partial charge is 0.338 e. The number of hydrogen-bond acceptors (Lipinski definition) is 2. The van der Waals surface area contributed by atoms with E-state index in [2.05, 4.69) is 36.6 Å². The first-order valence-corrected chi connectivity index (χ1v) is 5.90. The van der Waals surface area contributed by atoms with Crippen molar-refractivity contribution in [1.29, 1.82) is 0 Å². The molecule has 15 heavy (non-hydrogen) atoms. The molecular weight excluding hydrogens is 331 g/mol. The highest BCUT2D eigenvalue weighted by Crippen LogP contribution is 2.32. The summed E-state index contributed by atoms with van der Waals surface area (Å²) in [5, 5.41) is 0. The molecule has 5 heteroatoms. The fourth-order valence-electron chi connectivity index (χ4n) is 1.24. The molecule has 0 aliphatic carbocycles. The number of halogens is 3. The second kappa shape index (κ2) is 5.07. The van der Waals surface area contributed by atoms with E-state index >= 15 is 0 Å². The number of methoxy groups -OCH3 is 1. The molecule has 0 radical (unpaired) electrons. The van der Waals surface area contributed by atoms with Gasteiger partial charge >= 0.3 is 5.97 Å². The van der Waals surface area contributed by atoms with E-state index in [1.165, 1.54) is 19.2 Å². The van der Waals surface area contributed by atoms with Gasteiger partial charge in [-0.05, 0) is 35.0 Å². The van der Waals surface area contributed by atoms with Crippen LogP contribution >= 0.6 is 31.9 Å². The first-order chi connectivity index (χ1) is 6.99. The molecule has 0 N–H and O–H groups in total. The largest absolute Gasteiger partial charge is 0.465 e. The van der Waals surface area contributed by atoms with Gasteiger partial charge in [0.1, 0.15) is 5.82 Å². The van der Waals surface area contributed by atoms with Crippen molar-refractivity contribution in [2.24, 2.45) is 0 Å². The van der Waals surface area contributed by atoms with E-state index < -0.39 is 11.8 Å². The van der Waals surface area contributed by atoms with E-state index in [0.29, 0.717) is 10.0 Å². The molecule has 0 saturated carbocycles. The van der Waals surface area contributed by atoms with E-state index in [9.17, 15) is 9.18 Å². The molecule has 0 bridgehead atoms. The molecule has 2 nitrogen and oxygen atoms in total. The van der Waals surface area contributed by atoms with Gasteiger partial charge in [-0.25, -0.2) is 9.18 Å². The van der Waals surface area contributed by atoms with Crippen LogP contribution in [0.1, 0.15) is 27.7 Å². The average molecular weight is 340 g/mol. The van der Waals surface area contributed by atoms with Crippen LogP contribution in [-0.4, -0.2) is 13.1 Å². The third-order valence-electron chi connectivity index (χ3n) is 1.94. The van der Waals surface area contributed by atoms with Crippen LogP contribution in [0, 0.1) is 5.82 Å². The quantitative estimate of drug-likeness (QED) is 0.604. The summed E-state index contributed by atoms with van der Waals surface area (Å²) in [5.41, 5.74) is 0.541. The van der Waals surface area contributed by atoms with Crippen LogP contribution in [0.5, 0.6) is 0 Å². The van der Waals surface area contributed by atoms with Gasteiger partial charge in [0.05, 0.1) is 17.1 Å². The lowest BCUT2D eigenvalue weighted by atomic mass is 10.0. The zero-order valence-electron chi connectivity index (χ0n) is 8.18. The highest BCUT2D eigenvalue weighted by Gasteiger charge is 2.20. The molecule has 0 spiro atoms. The summed E-state index contributed by atoms with van der Waals surface area (Å²) in [6.45, 7) is 1.75. The molecule has 1 aromatic carbocycles. The van der Waals surface area contributed by atoms with Crippen molar-refractivity contribution in [2.75, 3.05) is 7.11 Å². The lowest BCUT2D eigenvalue weighted by Gasteiger charge is -2.12. The fourth-order valence-corrected chi connectivity index (χ4v) is 2.04. The Morgan fingerprint density at radius 2 is 2.13 bits per heavy atom. The Kier molecular flexibility index (Phi) is 4.28. The summed E-state index contributed by atoms with van der Waals surface area (Å²) in [5.74, 6) is -0.982. The normalized spacial score (nSPS) is 12.3. The van der Waals surface area contributed by atoms with Gasteiger partial charge in [0.15, 0.2) is 0 Å². The number of esters is 1. The van der Waals surface area contributed by atoms with Crippen molar-refractivity contribution < 1.29 is 13.9 Å². The summed E-state index contributed by atoms with van der Waals surface area (Å²) in [6, 6.07) is 3.02. The molecule has 82 valence electrons. The van der Waals surface area contributed by atoms with Gasteiger partial charge in [-0.3, -0.25) is 0 Å². The number of carbonyl (C=O) groups is 1. The van der Waals surface area contributed by atoms with Gasteiger partial charge in [0, 0.05) is 10.4 Å². The second-order valence-electron chi connectivity index (χ2n) is 2.93. The fraction of sp³-hybridized carbons (Fsp3) is 0.300. The highest BCUT2D eigenvalue weighted by atomic mass is 79.9. The van der Waals surface area contributed by atoms with E-state index in [4.69, 9.17) is 0 Å². The standard InChI is InChI=1S/C10H9Br2FO2/c1-5(11)8-6(10(14)15-2)3-4-7(12)9(8)13/h3-5H,1-2H3. The van der Waals surface area contributed by atoms with Crippen molar-refractivity contribution in [3.8, 4) is 0 Å². The molecule has 1 aromatic rings. The molecule has 0 fully saturated rings. The predicted molar refractivity (Wildman–Crippen MR) is 62.8 cm³/mol. The van der Waals surface area contributed by atoms with Crippen molar-refractivity contribution in [2.45, 2.75) is 11.8 Å². The molecule has 1 atom stereocenters. The summed E-state index contributed by atoms with van der Waals surface area (Å²) >= 11 is 6.32. The number of rotatable bonds is 2. The van der Waals surface area contributed by atoms with Gasteiger partial charge in [0.25, 0.3) is 0 Å². The third-order valence-corrected chi connectivity index (χ3v) is 3.01. The minimum absolute atomic E-state index is 0.238. The Morgan fingerprint density at radius 3 is 2.60 bits per heavy atom. The summed E-state index contributed by atoms with van der Waals surface area (Å²) in [4.78, 5) is 11.1. The highest BCUT2D eigenvalue weighted by molar-refractivity contribution is 9.10. The van der Waals surface area contributed by atoms with Crippen molar-refractivity contribution in [1.82, 2.24) is 0 Å². The van der Waals surface area contributed by atoms with Crippen LogP contribution in [0.25, 0.3) is 0 Å². The maximum absolute atomic E-state index is 13.7. The lowest BCUT2D eigenvalue weighted by Crippen LogP contribution is -2.08. The van der Waals surface area contributed by atoms with Crippen molar-refractivity contribution in [3.63, 3.8) is 0 Å². The Bertz CT molecular complexity index is 391. The molecule has 0 aliphatic rings. The first-order valence-electron chi connectivity index (χ1n) is 4.19. The third kappa shape index (κ3) is 2.58. The Balaban J connectivity index is 3.40. The van der Waals surface area contributed by atoms with Crippen LogP contribution in [-0.2, 0) is 4.74 Å². The van der Waals surface area contributed by atoms with Gasteiger partial charge < -0.3 is 4.74 Å². The number of ether oxygens (including phenoxy) is 1. The van der Waals surface area contributed by atoms with Crippen LogP contribution in [0.3, 0.4) is 0 Å². The monoisotopic (exact) mass is 338 g/mol. The molecule has 1 unspecified atom stereocenters. The minimum atomic E-state index is -0.539. The van der Waals surface area contributed by atoms with Crippen molar-refractivity contribution in [3.05, 3.63) is 33.5 Å². The maximum atomic E-state index is 13.7. The van der Waals surface area contributed by atoms with Crippen LogP contribution < -0.4 is 0 Å². The molecule has 0 aliphatic heterocycles. The van der Waals surface area contributed by atoms with E-state index in [0.717, 1.165) is 0 Å². The molecule has 0 heterocycles. The minimum Gasteiger partial charge on any atom is -0.465 e. The average Bonchev–Trinajstić information content (AvgIpc) is 2.20. The van der Waals surface area contributed by atoms with Gasteiger partial charge in [-0.1, -0.05) is 15.9 Å². The van der Waals surface area contributed by atoms with E-state index in [1.54, 1.807) is 6.92 Å². The molecular formula is C10H9Br2FO2. The molecule has 0 amide bonds. The molecule has 0 aromatic heterocycles. The molecule has 1 rings (SSSR count). The topological polar surface area (TPSA) is 26.3 Å². The molecule has 0 saturated heterocycles. The van der Waals surface area contributed by atoms with Crippen LogP contribution in [0.2, 0.25) is 0 Å². The lowest BCUT2D eigenvalue weighted by molar-refractivity contribution is 0.0599. The number of hydrogen-bond donors (Lipinski definition) is 0. The van der Waals surface area contributed by atoms with Crippen molar-refractivity contribution >= 4 is 37.8 Å². The van der Waals surface area contributed by atoms with Crippen LogP contribution in [0.4, 0.5) is 4.39 Å². The van der Waals surface area contributed by atoms with Gasteiger partial charge in [-0.15, -0.1) is 0 Å².